The molecule has 0 aliphatic heterocycles. The lowest BCUT2D eigenvalue weighted by atomic mass is 10.3. The van der Waals surface area contributed by atoms with Gasteiger partial charge in [-0.15, -0.1) is 22.8 Å². The Labute approximate surface area is 75.0 Å². The van der Waals surface area contributed by atoms with Crippen LogP contribution in [0, 0.1) is 0 Å². The minimum Gasteiger partial charge on any atom is -0.334 e. The van der Waals surface area contributed by atoms with E-state index in [9.17, 15) is 4.79 Å². The molecule has 0 bridgehead atoms. The predicted octanol–water partition coefficient (Wildman–Crippen LogP) is -0.407. The lowest BCUT2D eigenvalue weighted by Crippen LogP contribution is -2.33. The van der Waals surface area contributed by atoms with Crippen LogP contribution in [-0.2, 0) is 6.42 Å². The Morgan fingerprint density at radius 1 is 1.58 bits per heavy atom. The summed E-state index contributed by atoms with van der Waals surface area (Å²) in [5.74, 6) is 5.34. The van der Waals surface area contributed by atoms with Gasteiger partial charge in [0.25, 0.3) is 5.56 Å². The molecular weight excluding hydrogens is 176 g/mol. The summed E-state index contributed by atoms with van der Waals surface area (Å²) in [7, 11) is 0. The highest BCUT2D eigenvalue weighted by atomic mass is 32.1. The van der Waals surface area contributed by atoms with Crippen molar-refractivity contribution in [2.75, 3.05) is 5.84 Å². The Bertz CT molecular complexity index is 335. The Balaban J connectivity index is 3.18. The van der Waals surface area contributed by atoms with Gasteiger partial charge in [-0.1, -0.05) is 13.3 Å². The smallest absolute Gasteiger partial charge is 0.294 e. The van der Waals surface area contributed by atoms with Crippen LogP contribution in [0.3, 0.4) is 0 Å². The minimum absolute atomic E-state index is 0.125. The molecule has 1 heterocycles. The zero-order chi connectivity index (χ0) is 9.14. The Hall–Kier alpha value is -1.04. The minimum atomic E-state index is -0.322. The van der Waals surface area contributed by atoms with Crippen LogP contribution in [-0.4, -0.2) is 14.9 Å². The second-order valence-electron chi connectivity index (χ2n) is 2.37. The summed E-state index contributed by atoms with van der Waals surface area (Å²) in [4.78, 5) is 11.3. The summed E-state index contributed by atoms with van der Waals surface area (Å²) >= 11 is 3.85. The van der Waals surface area contributed by atoms with Crippen LogP contribution in [0.1, 0.15) is 19.0 Å². The summed E-state index contributed by atoms with van der Waals surface area (Å²) in [6.45, 7) is 1.95. The van der Waals surface area contributed by atoms with Crippen LogP contribution in [0.2, 0.25) is 0 Å². The van der Waals surface area contributed by atoms with Crippen molar-refractivity contribution in [1.82, 2.24) is 14.9 Å². The third-order valence-corrected chi connectivity index (χ3v) is 1.73. The molecule has 0 unspecified atom stereocenters. The van der Waals surface area contributed by atoms with Crippen molar-refractivity contribution in [3.8, 4) is 0 Å². The quantitative estimate of drug-likeness (QED) is 0.486. The van der Waals surface area contributed by atoms with Gasteiger partial charge in [0.05, 0.1) is 0 Å². The monoisotopic (exact) mass is 186 g/mol. The number of nitrogen functional groups attached to an aromatic ring is 1. The van der Waals surface area contributed by atoms with Gasteiger partial charge < -0.3 is 5.84 Å². The van der Waals surface area contributed by atoms with Crippen molar-refractivity contribution in [3.05, 3.63) is 16.0 Å². The number of hydrogen-bond donors (Lipinski definition) is 2. The van der Waals surface area contributed by atoms with Gasteiger partial charge in [-0.05, 0) is 6.42 Å². The zero-order valence-electron chi connectivity index (χ0n) is 6.69. The number of rotatable bonds is 2. The van der Waals surface area contributed by atoms with Gasteiger partial charge in [0.15, 0.2) is 0 Å². The van der Waals surface area contributed by atoms with Crippen molar-refractivity contribution < 1.29 is 0 Å². The summed E-state index contributed by atoms with van der Waals surface area (Å²) in [6, 6.07) is 0. The molecule has 1 rings (SSSR count). The van der Waals surface area contributed by atoms with E-state index in [2.05, 4.69) is 22.8 Å². The molecule has 0 spiro atoms. The molecule has 5 nitrogen and oxygen atoms in total. The average Bonchev–Trinajstić information content (AvgIpc) is 2.07. The molecule has 0 radical (unpaired) electrons. The van der Waals surface area contributed by atoms with Crippen LogP contribution in [0.4, 0.5) is 0 Å². The van der Waals surface area contributed by atoms with E-state index in [1.165, 1.54) is 0 Å². The topological polar surface area (TPSA) is 73.8 Å². The fraction of sp³-hybridized carbons (Fsp3) is 0.500. The van der Waals surface area contributed by atoms with E-state index in [0.29, 0.717) is 12.1 Å². The molecule has 0 atom stereocenters. The molecule has 0 fully saturated rings. The SMILES string of the molecule is CCCc1nnc(S)n(N)c1=O. The summed E-state index contributed by atoms with van der Waals surface area (Å²) in [5, 5.41) is 7.42. The number of hydrogen-bond acceptors (Lipinski definition) is 5. The van der Waals surface area contributed by atoms with E-state index >= 15 is 0 Å². The van der Waals surface area contributed by atoms with Gasteiger partial charge in [-0.25, -0.2) is 0 Å². The summed E-state index contributed by atoms with van der Waals surface area (Å²) < 4.78 is 0.890. The third-order valence-electron chi connectivity index (χ3n) is 1.43. The maximum Gasteiger partial charge on any atom is 0.294 e. The number of aromatic nitrogens is 3. The highest BCUT2D eigenvalue weighted by Gasteiger charge is 2.05. The summed E-state index contributed by atoms with van der Waals surface area (Å²) in [5.41, 5.74) is 0.0645. The van der Waals surface area contributed by atoms with Crippen LogP contribution < -0.4 is 11.4 Å². The highest BCUT2D eigenvalue weighted by molar-refractivity contribution is 7.80. The number of thiol groups is 1. The first-order valence-corrected chi connectivity index (χ1v) is 4.04. The molecule has 2 N–H and O–H groups in total. The molecule has 1 aromatic rings. The Morgan fingerprint density at radius 2 is 2.25 bits per heavy atom. The molecule has 0 aromatic carbocycles. The number of nitrogens with zero attached hydrogens (tertiary/aromatic N) is 3. The molecule has 66 valence electrons. The van der Waals surface area contributed by atoms with Crippen LogP contribution >= 0.6 is 12.6 Å². The van der Waals surface area contributed by atoms with Crippen molar-refractivity contribution in [1.29, 1.82) is 0 Å². The van der Waals surface area contributed by atoms with Crippen molar-refractivity contribution in [2.45, 2.75) is 24.9 Å². The first kappa shape index (κ1) is 9.05. The fourth-order valence-electron chi connectivity index (χ4n) is 0.820. The van der Waals surface area contributed by atoms with Gasteiger partial charge >= 0.3 is 0 Å². The first-order chi connectivity index (χ1) is 5.66. The molecule has 6 heteroatoms. The Kier molecular flexibility index (Phi) is 2.69. The van der Waals surface area contributed by atoms with E-state index in [-0.39, 0.29) is 10.7 Å². The van der Waals surface area contributed by atoms with Crippen LogP contribution in [0.25, 0.3) is 0 Å². The molecule has 12 heavy (non-hydrogen) atoms. The molecule has 0 saturated heterocycles. The van der Waals surface area contributed by atoms with Gasteiger partial charge in [-0.3, -0.25) is 4.79 Å². The van der Waals surface area contributed by atoms with E-state index in [4.69, 9.17) is 5.84 Å². The largest absolute Gasteiger partial charge is 0.334 e. The first-order valence-electron chi connectivity index (χ1n) is 3.59. The Morgan fingerprint density at radius 3 is 2.83 bits per heavy atom. The van der Waals surface area contributed by atoms with Gasteiger partial charge in [0.1, 0.15) is 5.69 Å². The lowest BCUT2D eigenvalue weighted by Gasteiger charge is -2.01. The van der Waals surface area contributed by atoms with Crippen molar-refractivity contribution in [3.63, 3.8) is 0 Å². The molecular formula is C6H10N4OS. The number of aryl methyl sites for hydroxylation is 1. The van der Waals surface area contributed by atoms with Crippen LogP contribution in [0.15, 0.2) is 9.95 Å². The zero-order valence-corrected chi connectivity index (χ0v) is 7.58. The summed E-state index contributed by atoms with van der Waals surface area (Å²) in [6.07, 6.45) is 1.44. The van der Waals surface area contributed by atoms with Gasteiger partial charge in [0.2, 0.25) is 5.16 Å². The maximum absolute atomic E-state index is 11.3. The van der Waals surface area contributed by atoms with E-state index < -0.39 is 0 Å². The van der Waals surface area contributed by atoms with Gasteiger partial charge in [-0.2, -0.15) is 4.68 Å². The predicted molar refractivity (Wildman–Crippen MR) is 47.7 cm³/mol. The second kappa shape index (κ2) is 3.57. The van der Waals surface area contributed by atoms with Crippen LogP contribution in [0.5, 0.6) is 0 Å². The molecule has 1 aromatic heterocycles. The number of nitrogens with two attached hydrogens (primary N) is 1. The molecule has 0 amide bonds. The maximum atomic E-state index is 11.3. The van der Waals surface area contributed by atoms with E-state index in [0.717, 1.165) is 11.1 Å². The van der Waals surface area contributed by atoms with E-state index in [1.54, 1.807) is 0 Å². The van der Waals surface area contributed by atoms with Crippen molar-refractivity contribution in [2.24, 2.45) is 0 Å². The lowest BCUT2D eigenvalue weighted by molar-refractivity contribution is 0.660. The molecule has 0 aliphatic rings. The second-order valence-corrected chi connectivity index (χ2v) is 2.77. The average molecular weight is 186 g/mol. The van der Waals surface area contributed by atoms with Crippen molar-refractivity contribution >= 4 is 12.6 Å². The van der Waals surface area contributed by atoms with Gasteiger partial charge in [0, 0.05) is 0 Å². The standard InChI is InChI=1S/C6H10N4OS/c1-2-3-4-5(11)10(7)6(12)9-8-4/h2-3,7H2,1H3,(H,9,12). The molecule has 0 saturated carbocycles. The van der Waals surface area contributed by atoms with E-state index in [1.807, 2.05) is 6.92 Å². The highest BCUT2D eigenvalue weighted by Crippen LogP contribution is 1.94. The normalized spacial score (nSPS) is 10.2. The molecule has 0 aliphatic carbocycles. The fourth-order valence-corrected chi connectivity index (χ4v) is 0.955. The third kappa shape index (κ3) is 1.58.